The van der Waals surface area contributed by atoms with Gasteiger partial charge < -0.3 is 15.2 Å². The van der Waals surface area contributed by atoms with E-state index in [4.69, 9.17) is 9.84 Å². The molecule has 2 N–H and O–H groups in total. The molecule has 0 aromatic heterocycles. The van der Waals surface area contributed by atoms with Crippen molar-refractivity contribution in [2.45, 2.75) is 6.42 Å². The van der Waals surface area contributed by atoms with Crippen LogP contribution in [0.2, 0.25) is 0 Å². The first-order chi connectivity index (χ1) is 9.65. The number of hydrogen-bond donors (Lipinski definition) is 2. The maximum atomic E-state index is 11.2. The summed E-state index contributed by atoms with van der Waals surface area (Å²) in [5.74, 6) is -0.199. The molecule has 0 radical (unpaired) electrons. The van der Waals surface area contributed by atoms with E-state index >= 15 is 0 Å². The molecule has 0 spiro atoms. The van der Waals surface area contributed by atoms with Crippen molar-refractivity contribution in [2.75, 3.05) is 32.8 Å². The molecule has 6 heteroatoms. The van der Waals surface area contributed by atoms with Crippen LogP contribution < -0.4 is 10.1 Å². The number of rotatable bonds is 5. The summed E-state index contributed by atoms with van der Waals surface area (Å²) in [6.45, 7) is 3.50. The summed E-state index contributed by atoms with van der Waals surface area (Å²) in [6.07, 6.45) is 0.521. The van der Waals surface area contributed by atoms with E-state index < -0.39 is 5.97 Å². The molecule has 1 fully saturated rings. The number of carbonyl (C=O) groups excluding carboxylic acids is 1. The molecule has 1 aromatic rings. The van der Waals surface area contributed by atoms with Crippen LogP contribution in [-0.4, -0.2) is 54.7 Å². The highest BCUT2D eigenvalue weighted by atomic mass is 16.5. The van der Waals surface area contributed by atoms with Crippen molar-refractivity contribution in [1.29, 1.82) is 0 Å². The molecule has 108 valence electrons. The van der Waals surface area contributed by atoms with E-state index in [0.717, 1.165) is 19.6 Å². The number of ether oxygens (including phenoxy) is 1. The largest absolute Gasteiger partial charge is 0.492 e. The number of carbonyl (C=O) groups is 2. The first-order valence-electron chi connectivity index (χ1n) is 6.60. The summed E-state index contributed by atoms with van der Waals surface area (Å²) in [5, 5.41) is 11.6. The van der Waals surface area contributed by atoms with Crippen LogP contribution in [0.5, 0.6) is 5.75 Å². The Balaban J connectivity index is 1.75. The lowest BCUT2D eigenvalue weighted by atomic mass is 10.2. The fraction of sp³-hybridized carbons (Fsp3) is 0.429. The number of nitrogens with one attached hydrogen (secondary N) is 1. The van der Waals surface area contributed by atoms with E-state index in [0.29, 0.717) is 25.3 Å². The van der Waals surface area contributed by atoms with Crippen molar-refractivity contribution in [3.05, 3.63) is 29.8 Å². The molecule has 0 unspecified atom stereocenters. The molecule has 1 amide bonds. The summed E-state index contributed by atoms with van der Waals surface area (Å²) in [6, 6.07) is 6.34. The van der Waals surface area contributed by atoms with Crippen LogP contribution in [0.1, 0.15) is 16.8 Å². The quantitative estimate of drug-likeness (QED) is 0.824. The van der Waals surface area contributed by atoms with Gasteiger partial charge in [-0.05, 0) is 24.3 Å². The highest BCUT2D eigenvalue weighted by Gasteiger charge is 2.12. The normalized spacial score (nSPS) is 16.3. The van der Waals surface area contributed by atoms with Crippen LogP contribution in [-0.2, 0) is 4.79 Å². The molecule has 1 heterocycles. The zero-order chi connectivity index (χ0) is 14.4. The molecule has 0 atom stereocenters. The summed E-state index contributed by atoms with van der Waals surface area (Å²) in [5.41, 5.74) is 0.245. The van der Waals surface area contributed by atoms with E-state index in [1.54, 1.807) is 12.1 Å². The average molecular weight is 278 g/mol. The average Bonchev–Trinajstić information content (AvgIpc) is 2.64. The van der Waals surface area contributed by atoms with Crippen LogP contribution in [0.25, 0.3) is 0 Å². The van der Waals surface area contributed by atoms with Gasteiger partial charge in [0.15, 0.2) is 0 Å². The SMILES string of the molecule is O=C1CCN(CCOc2ccc(C(=O)O)cc2)CCN1. The van der Waals surface area contributed by atoms with Gasteiger partial charge in [-0.1, -0.05) is 0 Å². The van der Waals surface area contributed by atoms with Crippen LogP contribution in [0.15, 0.2) is 24.3 Å². The molecule has 1 aliphatic rings. The molecule has 1 aromatic carbocycles. The molecule has 6 nitrogen and oxygen atoms in total. The first kappa shape index (κ1) is 14.3. The summed E-state index contributed by atoms with van der Waals surface area (Å²) < 4.78 is 5.57. The standard InChI is InChI=1S/C14H18N2O4/c17-13-5-7-16(8-6-15-13)9-10-20-12-3-1-11(2-4-12)14(18)19/h1-4H,5-10H2,(H,15,17)(H,18,19). The van der Waals surface area contributed by atoms with Crippen molar-refractivity contribution < 1.29 is 19.4 Å². The third-order valence-electron chi connectivity index (χ3n) is 3.18. The van der Waals surface area contributed by atoms with Gasteiger partial charge in [0.1, 0.15) is 12.4 Å². The minimum atomic E-state index is -0.946. The van der Waals surface area contributed by atoms with E-state index in [2.05, 4.69) is 10.2 Å². The van der Waals surface area contributed by atoms with Gasteiger partial charge in [0.05, 0.1) is 5.56 Å². The van der Waals surface area contributed by atoms with Gasteiger partial charge in [-0.25, -0.2) is 4.79 Å². The second-order valence-corrected chi connectivity index (χ2v) is 4.62. The van der Waals surface area contributed by atoms with Gasteiger partial charge in [0.25, 0.3) is 0 Å². The minimum Gasteiger partial charge on any atom is -0.492 e. The third-order valence-corrected chi connectivity index (χ3v) is 3.18. The third kappa shape index (κ3) is 4.24. The minimum absolute atomic E-state index is 0.0951. The van der Waals surface area contributed by atoms with Crippen LogP contribution in [0.4, 0.5) is 0 Å². The van der Waals surface area contributed by atoms with Crippen molar-refractivity contribution in [3.63, 3.8) is 0 Å². The highest BCUT2D eigenvalue weighted by Crippen LogP contribution is 2.12. The number of amides is 1. The second-order valence-electron chi connectivity index (χ2n) is 4.62. The van der Waals surface area contributed by atoms with Gasteiger partial charge in [0.2, 0.25) is 5.91 Å². The molecular formula is C14H18N2O4. The number of hydrogen-bond acceptors (Lipinski definition) is 4. The lowest BCUT2D eigenvalue weighted by Crippen LogP contribution is -2.32. The Morgan fingerprint density at radius 2 is 2.05 bits per heavy atom. The fourth-order valence-corrected chi connectivity index (χ4v) is 2.02. The predicted molar refractivity (Wildman–Crippen MR) is 73.0 cm³/mol. The van der Waals surface area contributed by atoms with Gasteiger partial charge in [-0.15, -0.1) is 0 Å². The number of aromatic carboxylic acids is 1. The Morgan fingerprint density at radius 3 is 2.75 bits per heavy atom. The Hall–Kier alpha value is -2.08. The molecule has 2 rings (SSSR count). The van der Waals surface area contributed by atoms with Crippen molar-refractivity contribution in [3.8, 4) is 5.75 Å². The van der Waals surface area contributed by atoms with E-state index in [1.165, 1.54) is 12.1 Å². The first-order valence-corrected chi connectivity index (χ1v) is 6.60. The van der Waals surface area contributed by atoms with Crippen molar-refractivity contribution in [1.82, 2.24) is 10.2 Å². The lowest BCUT2D eigenvalue weighted by molar-refractivity contribution is -0.120. The predicted octanol–water partition coefficient (Wildman–Crippen LogP) is 0.585. The maximum Gasteiger partial charge on any atom is 0.335 e. The van der Waals surface area contributed by atoms with Crippen molar-refractivity contribution >= 4 is 11.9 Å². The molecule has 1 saturated heterocycles. The number of benzene rings is 1. The van der Waals surface area contributed by atoms with Crippen molar-refractivity contribution in [2.24, 2.45) is 0 Å². The summed E-state index contributed by atoms with van der Waals surface area (Å²) in [7, 11) is 0. The number of nitrogens with zero attached hydrogens (tertiary/aromatic N) is 1. The second kappa shape index (κ2) is 6.91. The Labute approximate surface area is 117 Å². The van der Waals surface area contributed by atoms with Gasteiger partial charge in [-0.2, -0.15) is 0 Å². The molecule has 20 heavy (non-hydrogen) atoms. The Bertz CT molecular complexity index is 473. The highest BCUT2D eigenvalue weighted by molar-refractivity contribution is 5.87. The van der Waals surface area contributed by atoms with Gasteiger partial charge in [-0.3, -0.25) is 9.69 Å². The van der Waals surface area contributed by atoms with E-state index in [1.807, 2.05) is 0 Å². The number of carboxylic acid groups (broad SMARTS) is 1. The van der Waals surface area contributed by atoms with E-state index in [9.17, 15) is 9.59 Å². The van der Waals surface area contributed by atoms with Crippen LogP contribution >= 0.6 is 0 Å². The fourth-order valence-electron chi connectivity index (χ4n) is 2.02. The van der Waals surface area contributed by atoms with Gasteiger partial charge in [0, 0.05) is 32.6 Å². The van der Waals surface area contributed by atoms with Crippen LogP contribution in [0.3, 0.4) is 0 Å². The maximum absolute atomic E-state index is 11.2. The summed E-state index contributed by atoms with van der Waals surface area (Å²) >= 11 is 0. The Morgan fingerprint density at radius 1 is 1.30 bits per heavy atom. The topological polar surface area (TPSA) is 78.9 Å². The molecule has 1 aliphatic heterocycles. The molecular weight excluding hydrogens is 260 g/mol. The molecule has 0 aliphatic carbocycles. The van der Waals surface area contributed by atoms with Gasteiger partial charge >= 0.3 is 5.97 Å². The molecule has 0 bridgehead atoms. The monoisotopic (exact) mass is 278 g/mol. The summed E-state index contributed by atoms with van der Waals surface area (Å²) in [4.78, 5) is 24.1. The zero-order valence-corrected chi connectivity index (χ0v) is 11.2. The zero-order valence-electron chi connectivity index (χ0n) is 11.2. The van der Waals surface area contributed by atoms with Crippen LogP contribution in [0, 0.1) is 0 Å². The Kier molecular flexibility index (Phi) is 4.95. The molecule has 0 saturated carbocycles. The number of carboxylic acids is 1. The lowest BCUT2D eigenvalue weighted by Gasteiger charge is -2.18. The smallest absolute Gasteiger partial charge is 0.335 e. The van der Waals surface area contributed by atoms with E-state index in [-0.39, 0.29) is 11.5 Å².